The number of hydrogen-bond acceptors (Lipinski definition) is 4. The van der Waals surface area contributed by atoms with Gasteiger partial charge in [-0.3, -0.25) is 0 Å². The van der Waals surface area contributed by atoms with E-state index in [1.807, 2.05) is 25.1 Å². The van der Waals surface area contributed by atoms with Gasteiger partial charge in [-0.05, 0) is 37.1 Å². The van der Waals surface area contributed by atoms with E-state index in [4.69, 9.17) is 5.73 Å². The van der Waals surface area contributed by atoms with Crippen LogP contribution in [-0.2, 0) is 0 Å². The highest BCUT2D eigenvalue weighted by Crippen LogP contribution is 2.28. The smallest absolute Gasteiger partial charge is 0.129 e. The van der Waals surface area contributed by atoms with Crippen molar-refractivity contribution in [3.8, 4) is 0 Å². The molecule has 0 saturated carbocycles. The van der Waals surface area contributed by atoms with Gasteiger partial charge >= 0.3 is 0 Å². The molecule has 2 rings (SSSR count). The first-order chi connectivity index (χ1) is 9.08. The third-order valence-electron chi connectivity index (χ3n) is 2.94. The van der Waals surface area contributed by atoms with Crippen LogP contribution >= 0.6 is 11.8 Å². The van der Waals surface area contributed by atoms with Gasteiger partial charge in [0.15, 0.2) is 0 Å². The van der Waals surface area contributed by atoms with E-state index in [1.54, 1.807) is 18.0 Å². The number of thioether (sulfide) groups is 1. The minimum atomic E-state index is -0.600. The second-order valence-corrected chi connectivity index (χ2v) is 5.64. The van der Waals surface area contributed by atoms with Crippen LogP contribution in [0.25, 0.3) is 0 Å². The molecule has 0 aliphatic heterocycles. The fraction of sp³-hybridized carbons (Fsp3) is 0.267. The molecule has 1 aromatic heterocycles. The maximum atomic E-state index is 10.2. The van der Waals surface area contributed by atoms with Crippen molar-refractivity contribution in [1.82, 2.24) is 4.98 Å². The van der Waals surface area contributed by atoms with Gasteiger partial charge in [0.2, 0.25) is 0 Å². The Morgan fingerprint density at radius 3 is 2.79 bits per heavy atom. The molecule has 1 heterocycles. The van der Waals surface area contributed by atoms with Gasteiger partial charge in [0.1, 0.15) is 5.82 Å². The average Bonchev–Trinajstić information content (AvgIpc) is 2.40. The number of nitrogens with zero attached hydrogens (tertiary/aromatic N) is 1. The standard InChI is InChI=1S/C15H18N2OS/c1-10-7-12(15(16)17-8-10)13(18)9-19-14-6-4-3-5-11(14)2/h3-8,13,18H,9H2,1-2H3,(H2,16,17). The highest BCUT2D eigenvalue weighted by Gasteiger charge is 2.13. The molecule has 0 aliphatic carbocycles. The Hall–Kier alpha value is -1.52. The summed E-state index contributed by atoms with van der Waals surface area (Å²) in [6.07, 6.45) is 1.11. The fourth-order valence-corrected chi connectivity index (χ4v) is 2.83. The first-order valence-electron chi connectivity index (χ1n) is 6.16. The normalized spacial score (nSPS) is 12.4. The van der Waals surface area contributed by atoms with Crippen LogP contribution in [0.4, 0.5) is 5.82 Å². The summed E-state index contributed by atoms with van der Waals surface area (Å²) in [5.74, 6) is 0.976. The van der Waals surface area contributed by atoms with E-state index in [-0.39, 0.29) is 0 Å². The molecule has 0 spiro atoms. The van der Waals surface area contributed by atoms with Crippen LogP contribution in [-0.4, -0.2) is 15.8 Å². The third kappa shape index (κ3) is 3.49. The number of aliphatic hydroxyl groups excluding tert-OH is 1. The largest absolute Gasteiger partial charge is 0.387 e. The number of rotatable bonds is 4. The fourth-order valence-electron chi connectivity index (χ4n) is 1.85. The van der Waals surface area contributed by atoms with Crippen molar-refractivity contribution in [1.29, 1.82) is 0 Å². The Morgan fingerprint density at radius 2 is 2.05 bits per heavy atom. The minimum absolute atomic E-state index is 0.406. The van der Waals surface area contributed by atoms with Crippen molar-refractivity contribution in [2.45, 2.75) is 24.8 Å². The Balaban J connectivity index is 2.07. The molecule has 1 atom stereocenters. The zero-order valence-corrected chi connectivity index (χ0v) is 11.9. The molecule has 19 heavy (non-hydrogen) atoms. The zero-order chi connectivity index (χ0) is 13.8. The molecule has 0 radical (unpaired) electrons. The summed E-state index contributed by atoms with van der Waals surface area (Å²) in [4.78, 5) is 5.26. The van der Waals surface area contributed by atoms with Crippen LogP contribution in [0.2, 0.25) is 0 Å². The summed E-state index contributed by atoms with van der Waals surface area (Å²) in [6.45, 7) is 4.01. The van der Waals surface area contributed by atoms with Crippen molar-refractivity contribution >= 4 is 17.6 Å². The van der Waals surface area contributed by atoms with E-state index in [0.29, 0.717) is 17.1 Å². The number of benzene rings is 1. The molecule has 3 nitrogen and oxygen atoms in total. The summed E-state index contributed by atoms with van der Waals surface area (Å²) in [5, 5.41) is 10.2. The van der Waals surface area contributed by atoms with E-state index in [2.05, 4.69) is 24.0 Å². The Labute approximate surface area is 117 Å². The average molecular weight is 274 g/mol. The van der Waals surface area contributed by atoms with Gasteiger partial charge in [-0.25, -0.2) is 4.98 Å². The van der Waals surface area contributed by atoms with Crippen LogP contribution in [0.5, 0.6) is 0 Å². The van der Waals surface area contributed by atoms with Crippen LogP contribution in [0.3, 0.4) is 0 Å². The van der Waals surface area contributed by atoms with Crippen LogP contribution in [0.15, 0.2) is 41.4 Å². The van der Waals surface area contributed by atoms with Gasteiger partial charge in [-0.1, -0.05) is 18.2 Å². The van der Waals surface area contributed by atoms with E-state index >= 15 is 0 Å². The quantitative estimate of drug-likeness (QED) is 0.841. The summed E-state index contributed by atoms with van der Waals surface area (Å²) in [6, 6.07) is 10.0. The van der Waals surface area contributed by atoms with Gasteiger partial charge in [-0.15, -0.1) is 11.8 Å². The number of aliphatic hydroxyl groups is 1. The number of hydrogen-bond donors (Lipinski definition) is 2. The highest BCUT2D eigenvalue weighted by molar-refractivity contribution is 7.99. The summed E-state index contributed by atoms with van der Waals surface area (Å²) in [5.41, 5.74) is 8.74. The molecule has 0 amide bonds. The molecule has 100 valence electrons. The predicted molar refractivity (Wildman–Crippen MR) is 80.2 cm³/mol. The first-order valence-corrected chi connectivity index (χ1v) is 7.15. The number of aryl methyl sites for hydroxylation is 2. The lowest BCUT2D eigenvalue weighted by atomic mass is 10.1. The van der Waals surface area contributed by atoms with Crippen LogP contribution in [0.1, 0.15) is 22.8 Å². The Kier molecular flexibility index (Phi) is 4.45. The van der Waals surface area contributed by atoms with E-state index in [1.165, 1.54) is 10.5 Å². The van der Waals surface area contributed by atoms with Crippen molar-refractivity contribution in [2.75, 3.05) is 11.5 Å². The van der Waals surface area contributed by atoms with Gasteiger partial charge in [0.25, 0.3) is 0 Å². The molecular formula is C15H18N2OS. The van der Waals surface area contributed by atoms with Gasteiger partial charge < -0.3 is 10.8 Å². The van der Waals surface area contributed by atoms with Crippen LogP contribution < -0.4 is 5.73 Å². The van der Waals surface area contributed by atoms with Crippen molar-refractivity contribution < 1.29 is 5.11 Å². The number of nitrogens with two attached hydrogens (primary N) is 1. The molecule has 3 N–H and O–H groups in total. The van der Waals surface area contributed by atoms with Crippen molar-refractivity contribution in [2.24, 2.45) is 0 Å². The molecule has 4 heteroatoms. The zero-order valence-electron chi connectivity index (χ0n) is 11.1. The minimum Gasteiger partial charge on any atom is -0.387 e. The summed E-state index contributed by atoms with van der Waals surface area (Å²) >= 11 is 1.63. The van der Waals surface area contributed by atoms with Crippen molar-refractivity contribution in [3.63, 3.8) is 0 Å². The van der Waals surface area contributed by atoms with E-state index in [9.17, 15) is 5.11 Å². The Morgan fingerprint density at radius 1 is 1.32 bits per heavy atom. The topological polar surface area (TPSA) is 59.1 Å². The molecule has 0 aliphatic rings. The monoisotopic (exact) mass is 274 g/mol. The second kappa shape index (κ2) is 6.08. The molecule has 0 bridgehead atoms. The lowest BCUT2D eigenvalue weighted by Gasteiger charge is -2.14. The lowest BCUT2D eigenvalue weighted by molar-refractivity contribution is 0.204. The van der Waals surface area contributed by atoms with Crippen molar-refractivity contribution in [3.05, 3.63) is 53.2 Å². The lowest BCUT2D eigenvalue weighted by Crippen LogP contribution is -2.06. The number of aromatic nitrogens is 1. The van der Waals surface area contributed by atoms with Crippen LogP contribution in [0, 0.1) is 13.8 Å². The number of nitrogen functional groups attached to an aromatic ring is 1. The molecular weight excluding hydrogens is 256 g/mol. The highest BCUT2D eigenvalue weighted by atomic mass is 32.2. The van der Waals surface area contributed by atoms with Gasteiger partial charge in [-0.2, -0.15) is 0 Å². The van der Waals surface area contributed by atoms with Gasteiger partial charge in [0, 0.05) is 22.4 Å². The maximum absolute atomic E-state index is 10.2. The molecule has 0 fully saturated rings. The molecule has 1 unspecified atom stereocenters. The SMILES string of the molecule is Cc1cnc(N)c(C(O)CSc2ccccc2C)c1. The third-order valence-corrected chi connectivity index (χ3v) is 4.19. The molecule has 2 aromatic rings. The first kappa shape index (κ1) is 13.9. The molecule has 1 aromatic carbocycles. The number of pyridine rings is 1. The molecule has 0 saturated heterocycles. The summed E-state index contributed by atoms with van der Waals surface area (Å²) in [7, 11) is 0. The number of anilines is 1. The maximum Gasteiger partial charge on any atom is 0.129 e. The van der Waals surface area contributed by atoms with E-state index < -0.39 is 6.10 Å². The van der Waals surface area contributed by atoms with E-state index in [0.717, 1.165) is 5.56 Å². The Bertz CT molecular complexity index is 572. The second-order valence-electron chi connectivity index (χ2n) is 4.58. The summed E-state index contributed by atoms with van der Waals surface area (Å²) < 4.78 is 0. The van der Waals surface area contributed by atoms with Gasteiger partial charge in [0.05, 0.1) is 6.10 Å². The predicted octanol–water partition coefficient (Wildman–Crippen LogP) is 3.11.